The average Bonchev–Trinajstić information content (AvgIpc) is 3.18. The van der Waals surface area contributed by atoms with Crippen molar-refractivity contribution in [2.45, 2.75) is 116 Å². The normalized spacial score (nSPS) is 55.6. The first kappa shape index (κ1) is 20.3. The number of ether oxygens (including phenoxy) is 1. The van der Waals surface area contributed by atoms with Gasteiger partial charge in [0.2, 0.25) is 0 Å². The molecule has 4 aliphatic carbocycles. The molecule has 6 rings (SSSR count). The minimum absolute atomic E-state index is 0.106. The second kappa shape index (κ2) is 7.08. The third-order valence-corrected chi connectivity index (χ3v) is 11.6. The van der Waals surface area contributed by atoms with Gasteiger partial charge in [-0.2, -0.15) is 0 Å². The summed E-state index contributed by atoms with van der Waals surface area (Å²) in [6, 6.07) is 0.585. The Hall–Kier alpha value is -0.340. The van der Waals surface area contributed by atoms with Crippen molar-refractivity contribution in [2.24, 2.45) is 40.9 Å². The lowest BCUT2D eigenvalue weighted by molar-refractivity contribution is -0.0742. The molecule has 3 saturated carbocycles. The molecule has 5 fully saturated rings. The number of nitrogens with one attached hydrogen (secondary N) is 1. The lowest BCUT2D eigenvalue weighted by Gasteiger charge is -2.52. The average molecular weight is 412 g/mol. The highest BCUT2D eigenvalue weighted by Crippen LogP contribution is 2.65. The Morgan fingerprint density at radius 3 is 2.77 bits per heavy atom. The Morgan fingerprint density at radius 1 is 1.03 bits per heavy atom. The first-order valence-corrected chi connectivity index (χ1v) is 13.5. The van der Waals surface area contributed by atoms with E-state index in [1.54, 1.807) is 5.57 Å². The third kappa shape index (κ3) is 2.81. The van der Waals surface area contributed by atoms with Crippen molar-refractivity contribution >= 4 is 0 Å². The van der Waals surface area contributed by atoms with Gasteiger partial charge in [-0.3, -0.25) is 0 Å². The van der Waals surface area contributed by atoms with Gasteiger partial charge in [0.15, 0.2) is 0 Å². The van der Waals surface area contributed by atoms with E-state index in [1.165, 1.54) is 77.2 Å². The van der Waals surface area contributed by atoms with Gasteiger partial charge < -0.3 is 10.1 Å². The number of allylic oxidation sites excluding steroid dienone is 1. The van der Waals surface area contributed by atoms with E-state index in [9.17, 15) is 0 Å². The van der Waals surface area contributed by atoms with Gasteiger partial charge in [-0.15, -0.1) is 0 Å². The summed E-state index contributed by atoms with van der Waals surface area (Å²) in [6.45, 7) is 11.3. The molecule has 2 aliphatic heterocycles. The summed E-state index contributed by atoms with van der Waals surface area (Å²) >= 11 is 0. The zero-order valence-electron chi connectivity index (χ0n) is 20.0. The van der Waals surface area contributed by atoms with Crippen LogP contribution in [0.4, 0.5) is 0 Å². The van der Waals surface area contributed by atoms with Crippen molar-refractivity contribution in [2.75, 3.05) is 6.54 Å². The molecule has 0 aromatic rings. The van der Waals surface area contributed by atoms with E-state index in [2.05, 4.69) is 33.0 Å². The van der Waals surface area contributed by atoms with Gasteiger partial charge in [-0.05, 0) is 106 Å². The van der Waals surface area contributed by atoms with Gasteiger partial charge in [-0.1, -0.05) is 44.8 Å². The number of hydrogen-bond acceptors (Lipinski definition) is 2. The van der Waals surface area contributed by atoms with Gasteiger partial charge in [-0.25, -0.2) is 0 Å². The monoisotopic (exact) mass is 411 g/mol. The standard InChI is InChI=1S/C28H45NO/c1-17-13-25-26(29-16-17)19(3)28(30-25)12-10-21-22-9-8-20-7-5-6-11-27(20,4)24(22)14-23(21)18(2)15-28/h17,19-22,24-26,29H,5-16H2,1-4H3/t17-,19+,20-,21-,22-,24-,25+,26-,27-,28?/m0/s1. The molecule has 168 valence electrons. The van der Waals surface area contributed by atoms with E-state index in [1.807, 2.05) is 5.57 Å². The number of fused-ring (bicyclic) bond motifs is 6. The lowest BCUT2D eigenvalue weighted by Crippen LogP contribution is -2.48. The van der Waals surface area contributed by atoms with Crippen LogP contribution in [0.5, 0.6) is 0 Å². The van der Waals surface area contributed by atoms with Crippen LogP contribution >= 0.6 is 0 Å². The van der Waals surface area contributed by atoms with Crippen LogP contribution in [0.1, 0.15) is 98.3 Å². The molecule has 2 heteroatoms. The molecular formula is C28H45NO. The van der Waals surface area contributed by atoms with Gasteiger partial charge >= 0.3 is 0 Å². The van der Waals surface area contributed by atoms with Crippen LogP contribution < -0.4 is 5.32 Å². The van der Waals surface area contributed by atoms with Crippen molar-refractivity contribution < 1.29 is 4.74 Å². The second-order valence-corrected chi connectivity index (χ2v) is 12.9. The maximum absolute atomic E-state index is 7.04. The fourth-order valence-electron chi connectivity index (χ4n) is 9.86. The fraction of sp³-hybridized carbons (Fsp3) is 0.929. The summed E-state index contributed by atoms with van der Waals surface area (Å²) in [6.07, 6.45) is 16.1. The van der Waals surface area contributed by atoms with Crippen LogP contribution in [0.2, 0.25) is 0 Å². The molecule has 30 heavy (non-hydrogen) atoms. The smallest absolute Gasteiger partial charge is 0.0765 e. The van der Waals surface area contributed by atoms with E-state index in [4.69, 9.17) is 4.74 Å². The van der Waals surface area contributed by atoms with Crippen LogP contribution in [-0.4, -0.2) is 24.3 Å². The molecule has 10 atom stereocenters. The zero-order valence-corrected chi connectivity index (χ0v) is 20.0. The summed E-state index contributed by atoms with van der Waals surface area (Å²) in [4.78, 5) is 0. The van der Waals surface area contributed by atoms with Gasteiger partial charge in [0.05, 0.1) is 11.7 Å². The summed E-state index contributed by atoms with van der Waals surface area (Å²) in [5.74, 6) is 5.25. The summed E-state index contributed by atoms with van der Waals surface area (Å²) in [5, 5.41) is 3.88. The molecule has 0 radical (unpaired) electrons. The van der Waals surface area contributed by atoms with E-state index in [0.29, 0.717) is 23.5 Å². The quantitative estimate of drug-likeness (QED) is 0.459. The van der Waals surface area contributed by atoms with E-state index < -0.39 is 0 Å². The molecule has 2 nitrogen and oxygen atoms in total. The maximum atomic E-state index is 7.04. The van der Waals surface area contributed by atoms with Crippen molar-refractivity contribution in [3.05, 3.63) is 11.1 Å². The molecule has 1 unspecified atom stereocenters. The molecule has 1 spiro atoms. The summed E-state index contributed by atoms with van der Waals surface area (Å²) in [7, 11) is 0. The first-order chi connectivity index (χ1) is 14.4. The second-order valence-electron chi connectivity index (χ2n) is 12.9. The topological polar surface area (TPSA) is 21.3 Å². The highest BCUT2D eigenvalue weighted by molar-refractivity contribution is 5.29. The molecule has 6 aliphatic rings. The van der Waals surface area contributed by atoms with Gasteiger partial charge in [0.25, 0.3) is 0 Å². The Bertz CT molecular complexity index is 728. The van der Waals surface area contributed by atoms with Crippen LogP contribution in [0.15, 0.2) is 11.1 Å². The predicted molar refractivity (Wildman–Crippen MR) is 123 cm³/mol. The molecule has 0 aromatic carbocycles. The SMILES string of the molecule is CC1=C2C[C@H]3[C@@H](CC[C@@H]4CCCC[C@@]43C)[C@@H]2CCC2(C1)O[C@@H]1C[C@H](C)CN[C@H]1[C@H]2C. The molecular weight excluding hydrogens is 366 g/mol. The van der Waals surface area contributed by atoms with Gasteiger partial charge in [0.1, 0.15) is 0 Å². The Morgan fingerprint density at radius 2 is 1.90 bits per heavy atom. The molecule has 2 saturated heterocycles. The number of hydrogen-bond donors (Lipinski definition) is 1. The molecule has 0 bridgehead atoms. The predicted octanol–water partition coefficient (Wildman–Crippen LogP) is 6.50. The maximum Gasteiger partial charge on any atom is 0.0765 e. The van der Waals surface area contributed by atoms with Crippen molar-refractivity contribution in [3.63, 3.8) is 0 Å². The van der Waals surface area contributed by atoms with Gasteiger partial charge in [0, 0.05) is 12.0 Å². The van der Waals surface area contributed by atoms with Crippen molar-refractivity contribution in [1.29, 1.82) is 0 Å². The zero-order chi connectivity index (χ0) is 20.7. The summed E-state index contributed by atoms with van der Waals surface area (Å²) < 4.78 is 7.04. The summed E-state index contributed by atoms with van der Waals surface area (Å²) in [5.41, 5.74) is 4.39. The van der Waals surface area contributed by atoms with Crippen LogP contribution in [-0.2, 0) is 4.74 Å². The van der Waals surface area contributed by atoms with Crippen molar-refractivity contribution in [3.8, 4) is 0 Å². The Kier molecular flexibility index (Phi) is 4.78. The molecule has 0 amide bonds. The minimum Gasteiger partial charge on any atom is -0.369 e. The highest BCUT2D eigenvalue weighted by atomic mass is 16.5. The fourth-order valence-corrected chi connectivity index (χ4v) is 9.86. The van der Waals surface area contributed by atoms with Crippen LogP contribution in [0, 0.1) is 40.9 Å². The molecule has 2 heterocycles. The van der Waals surface area contributed by atoms with E-state index in [-0.39, 0.29) is 5.60 Å². The number of piperidine rings is 1. The Labute approximate surface area is 185 Å². The Balaban J connectivity index is 1.28. The molecule has 1 N–H and O–H groups in total. The van der Waals surface area contributed by atoms with E-state index in [0.717, 1.165) is 29.6 Å². The van der Waals surface area contributed by atoms with E-state index >= 15 is 0 Å². The largest absolute Gasteiger partial charge is 0.369 e. The highest BCUT2D eigenvalue weighted by Gasteiger charge is 2.58. The minimum atomic E-state index is 0.106. The third-order valence-electron chi connectivity index (χ3n) is 11.6. The molecule has 0 aromatic heterocycles. The van der Waals surface area contributed by atoms with Crippen LogP contribution in [0.25, 0.3) is 0 Å². The van der Waals surface area contributed by atoms with Crippen molar-refractivity contribution in [1.82, 2.24) is 5.32 Å². The number of rotatable bonds is 0. The first-order valence-electron chi connectivity index (χ1n) is 13.5. The lowest BCUT2D eigenvalue weighted by atomic mass is 9.52. The van der Waals surface area contributed by atoms with Crippen LogP contribution in [0.3, 0.4) is 0 Å².